The van der Waals surface area contributed by atoms with Crippen molar-refractivity contribution in [2.24, 2.45) is 0 Å². The minimum absolute atomic E-state index is 0.169. The second kappa shape index (κ2) is 8.81. The quantitative estimate of drug-likeness (QED) is 0.681. The molecule has 0 aliphatic carbocycles. The van der Waals surface area contributed by atoms with Crippen molar-refractivity contribution in [2.45, 2.75) is 19.9 Å². The molecule has 132 valence electrons. The predicted molar refractivity (Wildman–Crippen MR) is 105 cm³/mol. The van der Waals surface area contributed by atoms with Gasteiger partial charge in [-0.1, -0.05) is 60.2 Å². The third-order valence-electron chi connectivity index (χ3n) is 4.15. The fourth-order valence-electron chi connectivity index (χ4n) is 2.64. The van der Waals surface area contributed by atoms with Gasteiger partial charge in [0.05, 0.1) is 0 Å². The topological polar surface area (TPSA) is 54.0 Å². The summed E-state index contributed by atoms with van der Waals surface area (Å²) >= 11 is 0. The van der Waals surface area contributed by atoms with Crippen LogP contribution in [0.2, 0.25) is 0 Å². The Bertz CT molecular complexity index is 845. The van der Waals surface area contributed by atoms with Crippen molar-refractivity contribution >= 4 is 11.6 Å². The van der Waals surface area contributed by atoms with Gasteiger partial charge in [0.2, 0.25) is 0 Å². The monoisotopic (exact) mass is 345 g/mol. The van der Waals surface area contributed by atoms with Crippen LogP contribution >= 0.6 is 0 Å². The number of hydrogen-bond acceptors (Lipinski definition) is 3. The number of rotatable bonds is 7. The van der Waals surface area contributed by atoms with Crippen molar-refractivity contribution in [3.63, 3.8) is 0 Å². The molecule has 0 saturated carbocycles. The van der Waals surface area contributed by atoms with Crippen molar-refractivity contribution in [2.75, 3.05) is 11.9 Å². The second-order valence-electron chi connectivity index (χ2n) is 6.26. The standard InChI is InChI=1S/C22H23N3O/c1-17-7-9-19(10-8-17)16-25-22(26)21-15-20(12-14-24-21)23-13-11-18-5-3-2-4-6-18/h2-10,12,14-15H,11,13,16H2,1H3,(H,23,24)(H,25,26). The van der Waals surface area contributed by atoms with Crippen LogP contribution in [0.4, 0.5) is 5.69 Å². The van der Waals surface area contributed by atoms with Gasteiger partial charge in [-0.15, -0.1) is 0 Å². The average molecular weight is 345 g/mol. The number of pyridine rings is 1. The number of nitrogens with one attached hydrogen (secondary N) is 2. The molecule has 2 N–H and O–H groups in total. The highest BCUT2D eigenvalue weighted by Crippen LogP contribution is 2.09. The van der Waals surface area contributed by atoms with E-state index >= 15 is 0 Å². The smallest absolute Gasteiger partial charge is 0.270 e. The van der Waals surface area contributed by atoms with Crippen molar-refractivity contribution in [3.8, 4) is 0 Å². The number of carbonyl (C=O) groups is 1. The first-order chi connectivity index (χ1) is 12.7. The fourth-order valence-corrected chi connectivity index (χ4v) is 2.64. The van der Waals surface area contributed by atoms with Gasteiger partial charge in [-0.2, -0.15) is 0 Å². The molecular formula is C22H23N3O. The van der Waals surface area contributed by atoms with Crippen molar-refractivity contribution in [1.29, 1.82) is 0 Å². The highest BCUT2D eigenvalue weighted by molar-refractivity contribution is 5.93. The van der Waals surface area contributed by atoms with Gasteiger partial charge in [-0.05, 0) is 36.6 Å². The maximum Gasteiger partial charge on any atom is 0.270 e. The third kappa shape index (κ3) is 5.18. The zero-order valence-corrected chi connectivity index (χ0v) is 14.9. The minimum Gasteiger partial charge on any atom is -0.385 e. The van der Waals surface area contributed by atoms with E-state index < -0.39 is 0 Å². The van der Waals surface area contributed by atoms with Crippen LogP contribution < -0.4 is 10.6 Å². The number of aryl methyl sites for hydroxylation is 1. The van der Waals surface area contributed by atoms with E-state index in [2.05, 4.69) is 27.8 Å². The molecule has 0 saturated heterocycles. The number of amides is 1. The minimum atomic E-state index is -0.169. The molecule has 1 aromatic heterocycles. The number of carbonyl (C=O) groups excluding carboxylic acids is 1. The maximum absolute atomic E-state index is 12.3. The molecule has 0 fully saturated rings. The predicted octanol–water partition coefficient (Wildman–Crippen LogP) is 3.97. The van der Waals surface area contributed by atoms with Crippen LogP contribution in [0.25, 0.3) is 0 Å². The van der Waals surface area contributed by atoms with Crippen LogP contribution in [0.5, 0.6) is 0 Å². The summed E-state index contributed by atoms with van der Waals surface area (Å²) < 4.78 is 0. The first kappa shape index (κ1) is 17.7. The summed E-state index contributed by atoms with van der Waals surface area (Å²) in [5.74, 6) is -0.169. The second-order valence-corrected chi connectivity index (χ2v) is 6.26. The van der Waals surface area contributed by atoms with Crippen LogP contribution in [-0.4, -0.2) is 17.4 Å². The Balaban J connectivity index is 1.52. The van der Waals surface area contributed by atoms with Gasteiger partial charge in [0, 0.05) is 25.0 Å². The van der Waals surface area contributed by atoms with Gasteiger partial charge in [0.1, 0.15) is 5.69 Å². The summed E-state index contributed by atoms with van der Waals surface area (Å²) in [6, 6.07) is 22.1. The Labute approximate surface area is 154 Å². The number of hydrogen-bond donors (Lipinski definition) is 2. The summed E-state index contributed by atoms with van der Waals surface area (Å²) in [4.78, 5) is 16.5. The highest BCUT2D eigenvalue weighted by atomic mass is 16.1. The van der Waals surface area contributed by atoms with E-state index in [1.54, 1.807) is 12.3 Å². The number of anilines is 1. The largest absolute Gasteiger partial charge is 0.385 e. The molecule has 0 spiro atoms. The Kier molecular flexibility index (Phi) is 5.99. The summed E-state index contributed by atoms with van der Waals surface area (Å²) in [6.07, 6.45) is 2.59. The van der Waals surface area contributed by atoms with Gasteiger partial charge in [-0.3, -0.25) is 9.78 Å². The molecule has 0 aliphatic heterocycles. The molecule has 3 rings (SSSR count). The van der Waals surface area contributed by atoms with Gasteiger partial charge in [0.15, 0.2) is 0 Å². The van der Waals surface area contributed by atoms with E-state index in [4.69, 9.17) is 0 Å². The summed E-state index contributed by atoms with van der Waals surface area (Å²) in [5, 5.41) is 6.26. The molecule has 4 heteroatoms. The Morgan fingerprint density at radius 3 is 2.50 bits per heavy atom. The molecule has 0 bridgehead atoms. The molecular weight excluding hydrogens is 322 g/mol. The maximum atomic E-state index is 12.3. The lowest BCUT2D eigenvalue weighted by Gasteiger charge is -2.09. The zero-order valence-electron chi connectivity index (χ0n) is 14.9. The fraction of sp³-hybridized carbons (Fsp3) is 0.182. The molecule has 0 radical (unpaired) electrons. The van der Waals surface area contributed by atoms with Gasteiger partial charge in [-0.25, -0.2) is 0 Å². The average Bonchev–Trinajstić information content (AvgIpc) is 2.68. The van der Waals surface area contributed by atoms with E-state index in [0.29, 0.717) is 12.2 Å². The summed E-state index contributed by atoms with van der Waals surface area (Å²) in [5.41, 5.74) is 4.88. The lowest BCUT2D eigenvalue weighted by Crippen LogP contribution is -2.23. The van der Waals surface area contributed by atoms with E-state index in [0.717, 1.165) is 24.2 Å². The van der Waals surface area contributed by atoms with Gasteiger partial charge < -0.3 is 10.6 Å². The molecule has 2 aromatic carbocycles. The molecule has 1 heterocycles. The van der Waals surface area contributed by atoms with Crippen LogP contribution in [0.1, 0.15) is 27.2 Å². The number of benzene rings is 2. The van der Waals surface area contributed by atoms with Crippen LogP contribution in [0, 0.1) is 6.92 Å². The van der Waals surface area contributed by atoms with Crippen LogP contribution in [0.15, 0.2) is 72.9 Å². The molecule has 0 unspecified atom stereocenters. The van der Waals surface area contributed by atoms with Gasteiger partial charge >= 0.3 is 0 Å². The molecule has 0 atom stereocenters. The molecule has 26 heavy (non-hydrogen) atoms. The normalized spacial score (nSPS) is 10.3. The van der Waals surface area contributed by atoms with E-state index in [1.807, 2.05) is 55.5 Å². The van der Waals surface area contributed by atoms with Crippen molar-refractivity contribution in [1.82, 2.24) is 10.3 Å². The lowest BCUT2D eigenvalue weighted by molar-refractivity contribution is 0.0946. The van der Waals surface area contributed by atoms with Gasteiger partial charge in [0.25, 0.3) is 5.91 Å². The first-order valence-corrected chi connectivity index (χ1v) is 8.78. The van der Waals surface area contributed by atoms with Crippen LogP contribution in [-0.2, 0) is 13.0 Å². The Hall–Kier alpha value is -3.14. The first-order valence-electron chi connectivity index (χ1n) is 8.78. The Morgan fingerprint density at radius 2 is 1.73 bits per heavy atom. The van der Waals surface area contributed by atoms with E-state index in [-0.39, 0.29) is 5.91 Å². The number of nitrogens with zero attached hydrogens (tertiary/aromatic N) is 1. The van der Waals surface area contributed by atoms with Crippen LogP contribution in [0.3, 0.4) is 0 Å². The number of aromatic nitrogens is 1. The zero-order chi connectivity index (χ0) is 18.2. The van der Waals surface area contributed by atoms with Crippen molar-refractivity contribution in [3.05, 3.63) is 95.3 Å². The third-order valence-corrected chi connectivity index (χ3v) is 4.15. The SMILES string of the molecule is Cc1ccc(CNC(=O)c2cc(NCCc3ccccc3)ccn2)cc1. The van der Waals surface area contributed by atoms with E-state index in [1.165, 1.54) is 11.1 Å². The molecule has 4 nitrogen and oxygen atoms in total. The molecule has 0 aliphatic rings. The summed E-state index contributed by atoms with van der Waals surface area (Å²) in [6.45, 7) is 3.34. The summed E-state index contributed by atoms with van der Waals surface area (Å²) in [7, 11) is 0. The molecule has 3 aromatic rings. The molecule has 1 amide bonds. The van der Waals surface area contributed by atoms with E-state index in [9.17, 15) is 4.79 Å². The Morgan fingerprint density at radius 1 is 0.962 bits per heavy atom. The van der Waals surface area contributed by atoms with Crippen molar-refractivity contribution < 1.29 is 4.79 Å². The lowest BCUT2D eigenvalue weighted by atomic mass is 10.1. The highest BCUT2D eigenvalue weighted by Gasteiger charge is 2.07.